The molecule has 12 heteroatoms. The largest absolute Gasteiger partial charge is 0.490 e. The number of hydrogen-bond acceptors (Lipinski definition) is 6. The van der Waals surface area contributed by atoms with Crippen LogP contribution in [0, 0.1) is 3.57 Å². The molecule has 0 atom stereocenters. The van der Waals surface area contributed by atoms with Gasteiger partial charge in [-0.1, -0.05) is 36.4 Å². The zero-order valence-electron chi connectivity index (χ0n) is 23.0. The third-order valence-corrected chi connectivity index (χ3v) is 7.21. The molecule has 0 aliphatic carbocycles. The Morgan fingerprint density at radius 3 is 2.55 bits per heavy atom. The van der Waals surface area contributed by atoms with Gasteiger partial charge in [-0.3, -0.25) is 4.79 Å². The number of aromatic carboxylic acids is 1. The number of rotatable bonds is 9. The van der Waals surface area contributed by atoms with Crippen molar-refractivity contribution in [3.8, 4) is 22.9 Å². The number of carboxylic acids is 1. The average molecular weight is 713 g/mol. The fourth-order valence-electron chi connectivity index (χ4n) is 4.39. The fourth-order valence-corrected chi connectivity index (χ4v) is 5.17. The zero-order valence-corrected chi connectivity index (χ0v) is 25.2. The normalized spacial score (nSPS) is 11.7. The topological polar surface area (TPSA) is 103 Å². The first kappa shape index (κ1) is 30.7. The number of nitrogens with zero attached hydrogens (tertiary/aromatic N) is 3. The van der Waals surface area contributed by atoms with E-state index in [-0.39, 0.29) is 28.9 Å². The van der Waals surface area contributed by atoms with Crippen molar-refractivity contribution in [3.63, 3.8) is 0 Å². The summed E-state index contributed by atoms with van der Waals surface area (Å²) >= 11 is 2.06. The highest BCUT2D eigenvalue weighted by atomic mass is 127. The summed E-state index contributed by atoms with van der Waals surface area (Å²) in [5.41, 5.74) is 0.268. The van der Waals surface area contributed by atoms with Crippen LogP contribution in [0.15, 0.2) is 94.8 Å². The van der Waals surface area contributed by atoms with E-state index < -0.39 is 23.3 Å². The standard InChI is InChI=1S/C32H23F3IN3O5/c1-2-43-27-15-20(14-25(36)28(27)44-18-19-7-5-9-22(13-19)31(41)42)17-37-39-29(21-8-6-10-23(16-21)32(33,34)35)38-26-12-4-3-11-24(26)30(39)40/h3-17H,2,18H2,1H3,(H,41,42). The van der Waals surface area contributed by atoms with Crippen molar-refractivity contribution in [1.29, 1.82) is 0 Å². The SMILES string of the molecule is CCOc1cc(C=Nn2c(-c3cccc(C(F)(F)F)c3)nc3ccccc3c2=O)cc(I)c1OCc1cccc(C(=O)O)c1. The number of carbonyl (C=O) groups is 1. The van der Waals surface area contributed by atoms with Crippen molar-refractivity contribution >= 4 is 45.7 Å². The second kappa shape index (κ2) is 12.9. The second-order valence-electron chi connectivity index (χ2n) is 9.45. The molecule has 0 spiro atoms. The third kappa shape index (κ3) is 6.75. The maximum absolute atomic E-state index is 13.5. The van der Waals surface area contributed by atoms with Gasteiger partial charge in [0.05, 0.1) is 38.4 Å². The molecule has 4 aromatic carbocycles. The Labute approximate surface area is 262 Å². The van der Waals surface area contributed by atoms with Gasteiger partial charge >= 0.3 is 12.1 Å². The van der Waals surface area contributed by atoms with Crippen LogP contribution in [0.3, 0.4) is 0 Å². The van der Waals surface area contributed by atoms with Gasteiger partial charge in [0.25, 0.3) is 5.56 Å². The quantitative estimate of drug-likeness (QED) is 0.128. The molecule has 0 bridgehead atoms. The first-order chi connectivity index (χ1) is 21.0. The van der Waals surface area contributed by atoms with E-state index in [2.05, 4.69) is 32.7 Å². The van der Waals surface area contributed by atoms with Crippen LogP contribution in [0.5, 0.6) is 11.5 Å². The highest BCUT2D eigenvalue weighted by molar-refractivity contribution is 14.1. The minimum Gasteiger partial charge on any atom is -0.490 e. The molecule has 0 amide bonds. The Morgan fingerprint density at radius 1 is 1.02 bits per heavy atom. The lowest BCUT2D eigenvalue weighted by Gasteiger charge is -2.15. The molecule has 224 valence electrons. The van der Waals surface area contributed by atoms with E-state index in [1.54, 1.807) is 55.5 Å². The Morgan fingerprint density at radius 2 is 1.80 bits per heavy atom. The number of benzene rings is 4. The summed E-state index contributed by atoms with van der Waals surface area (Å²) in [4.78, 5) is 29.3. The summed E-state index contributed by atoms with van der Waals surface area (Å²) in [5, 5.41) is 13.9. The maximum atomic E-state index is 13.5. The van der Waals surface area contributed by atoms with E-state index in [9.17, 15) is 27.9 Å². The molecule has 0 aliphatic heterocycles. The van der Waals surface area contributed by atoms with Crippen molar-refractivity contribution in [2.45, 2.75) is 19.7 Å². The minimum absolute atomic E-state index is 0.0562. The third-order valence-electron chi connectivity index (χ3n) is 6.41. The van der Waals surface area contributed by atoms with Gasteiger partial charge in [-0.2, -0.15) is 22.9 Å². The van der Waals surface area contributed by atoms with Gasteiger partial charge in [-0.15, -0.1) is 0 Å². The number of hydrogen-bond donors (Lipinski definition) is 1. The predicted molar refractivity (Wildman–Crippen MR) is 167 cm³/mol. The van der Waals surface area contributed by atoms with Crippen LogP contribution in [0.4, 0.5) is 13.2 Å². The van der Waals surface area contributed by atoms with E-state index in [1.165, 1.54) is 30.5 Å². The Bertz CT molecular complexity index is 1960. The van der Waals surface area contributed by atoms with Crippen LogP contribution in [0.2, 0.25) is 0 Å². The molecule has 5 rings (SSSR count). The zero-order chi connectivity index (χ0) is 31.4. The van der Waals surface area contributed by atoms with E-state index in [4.69, 9.17) is 9.47 Å². The van der Waals surface area contributed by atoms with Crippen molar-refractivity contribution in [1.82, 2.24) is 9.66 Å². The minimum atomic E-state index is -4.59. The summed E-state index contributed by atoms with van der Waals surface area (Å²) in [7, 11) is 0. The molecule has 0 unspecified atom stereocenters. The van der Waals surface area contributed by atoms with Crippen LogP contribution in [-0.2, 0) is 12.8 Å². The molecule has 1 aromatic heterocycles. The lowest BCUT2D eigenvalue weighted by atomic mass is 10.1. The Hall–Kier alpha value is -4.72. The van der Waals surface area contributed by atoms with E-state index in [0.717, 1.165) is 16.8 Å². The first-order valence-electron chi connectivity index (χ1n) is 13.2. The summed E-state index contributed by atoms with van der Waals surface area (Å²) in [5.74, 6) is -0.284. The number of fused-ring (bicyclic) bond motifs is 1. The molecule has 44 heavy (non-hydrogen) atoms. The second-order valence-corrected chi connectivity index (χ2v) is 10.6. The Balaban J connectivity index is 1.54. The van der Waals surface area contributed by atoms with E-state index in [1.807, 2.05) is 0 Å². The Kier molecular flexibility index (Phi) is 8.99. The average Bonchev–Trinajstić information content (AvgIpc) is 3.00. The highest BCUT2D eigenvalue weighted by Gasteiger charge is 2.31. The molecule has 5 aromatic rings. The molecule has 0 radical (unpaired) electrons. The molecular formula is C32H23F3IN3O5. The number of ether oxygens (including phenoxy) is 2. The maximum Gasteiger partial charge on any atom is 0.416 e. The van der Waals surface area contributed by atoms with Gasteiger partial charge < -0.3 is 14.6 Å². The lowest BCUT2D eigenvalue weighted by molar-refractivity contribution is -0.137. The van der Waals surface area contributed by atoms with Crippen molar-refractivity contribution in [2.24, 2.45) is 5.10 Å². The van der Waals surface area contributed by atoms with Crippen molar-refractivity contribution in [3.05, 3.63) is 121 Å². The molecule has 0 saturated carbocycles. The lowest BCUT2D eigenvalue weighted by Crippen LogP contribution is -2.20. The molecule has 1 N–H and O–H groups in total. The number of halogens is 4. The van der Waals surface area contributed by atoms with Gasteiger partial charge in [0.1, 0.15) is 6.61 Å². The number of aromatic nitrogens is 2. The summed E-state index contributed by atoms with van der Waals surface area (Å²) in [6, 6.07) is 20.9. The molecule has 1 heterocycles. The van der Waals surface area contributed by atoms with Crippen LogP contribution >= 0.6 is 22.6 Å². The molecule has 0 fully saturated rings. The van der Waals surface area contributed by atoms with Gasteiger partial charge in [0.2, 0.25) is 0 Å². The monoisotopic (exact) mass is 713 g/mol. The van der Waals surface area contributed by atoms with Crippen LogP contribution in [0.25, 0.3) is 22.3 Å². The summed E-state index contributed by atoms with van der Waals surface area (Å²) < 4.78 is 53.9. The van der Waals surface area contributed by atoms with Gasteiger partial charge in [-0.05, 0) is 89.2 Å². The predicted octanol–water partition coefficient (Wildman–Crippen LogP) is 7.25. The van der Waals surface area contributed by atoms with Gasteiger partial charge in [-0.25, -0.2) is 9.78 Å². The van der Waals surface area contributed by atoms with Crippen LogP contribution in [-0.4, -0.2) is 33.6 Å². The smallest absolute Gasteiger partial charge is 0.416 e. The fraction of sp³-hybridized carbons (Fsp3) is 0.125. The van der Waals surface area contributed by atoms with Crippen LogP contribution in [0.1, 0.15) is 34.0 Å². The summed E-state index contributed by atoms with van der Waals surface area (Å²) in [6.07, 6.45) is -3.20. The molecule has 8 nitrogen and oxygen atoms in total. The van der Waals surface area contributed by atoms with E-state index >= 15 is 0 Å². The van der Waals surface area contributed by atoms with Crippen LogP contribution < -0.4 is 15.0 Å². The summed E-state index contributed by atoms with van der Waals surface area (Å²) in [6.45, 7) is 2.20. The van der Waals surface area contributed by atoms with E-state index in [0.29, 0.717) is 38.3 Å². The van der Waals surface area contributed by atoms with Crippen molar-refractivity contribution in [2.75, 3.05) is 6.61 Å². The molecular weight excluding hydrogens is 690 g/mol. The van der Waals surface area contributed by atoms with Crippen molar-refractivity contribution < 1.29 is 32.5 Å². The van der Waals surface area contributed by atoms with Gasteiger partial charge in [0, 0.05) is 5.56 Å². The molecule has 0 saturated heterocycles. The number of alkyl halides is 3. The number of para-hydroxylation sites is 1. The van der Waals surface area contributed by atoms with Gasteiger partial charge in [0.15, 0.2) is 17.3 Å². The highest BCUT2D eigenvalue weighted by Crippen LogP contribution is 2.35. The number of carboxylic acid groups (broad SMARTS) is 1. The first-order valence-corrected chi connectivity index (χ1v) is 14.3. The molecule has 0 aliphatic rings.